The predicted molar refractivity (Wildman–Crippen MR) is 106 cm³/mol. The number of unbranched alkanes of at least 4 members (excludes halogenated alkanes) is 1. The van der Waals surface area contributed by atoms with Crippen LogP contribution in [0, 0.1) is 0 Å². The maximum Gasteiger partial charge on any atom is 0.236 e. The van der Waals surface area contributed by atoms with Crippen LogP contribution in [0.5, 0.6) is 0 Å². The molecule has 0 aromatic heterocycles. The number of carbonyl (C=O) groups is 1. The molecule has 0 aliphatic carbocycles. The molecule has 0 saturated carbocycles. The highest BCUT2D eigenvalue weighted by Gasteiger charge is 2.15. The van der Waals surface area contributed by atoms with E-state index in [2.05, 4.69) is 6.92 Å². The molecular weight excluding hydrogens is 361 g/mol. The van der Waals surface area contributed by atoms with Crippen molar-refractivity contribution in [1.82, 2.24) is 0 Å². The standard InChI is InChI=1S/C19H21Cl2NOS/c1-2-3-11-22(16-7-5-4-6-8-16)19(23)14-24-13-15-9-10-17(20)18(21)12-15/h4-10,12H,2-3,11,13-14H2,1H3. The Kier molecular flexibility index (Phi) is 7.97. The van der Waals surface area contributed by atoms with Crippen LogP contribution in [0.25, 0.3) is 0 Å². The Balaban J connectivity index is 1.93. The van der Waals surface area contributed by atoms with Crippen molar-refractivity contribution < 1.29 is 4.79 Å². The molecule has 1 amide bonds. The minimum atomic E-state index is 0.139. The van der Waals surface area contributed by atoms with E-state index in [1.165, 1.54) is 0 Å². The van der Waals surface area contributed by atoms with Gasteiger partial charge >= 0.3 is 0 Å². The number of benzene rings is 2. The molecule has 0 atom stereocenters. The van der Waals surface area contributed by atoms with E-state index in [-0.39, 0.29) is 5.91 Å². The number of carbonyl (C=O) groups excluding carboxylic acids is 1. The maximum atomic E-state index is 12.6. The first kappa shape index (κ1) is 19.2. The number of thioether (sulfide) groups is 1. The summed E-state index contributed by atoms with van der Waals surface area (Å²) in [6, 6.07) is 15.4. The molecule has 0 N–H and O–H groups in total. The molecule has 0 heterocycles. The summed E-state index contributed by atoms with van der Waals surface area (Å²) < 4.78 is 0. The van der Waals surface area contributed by atoms with Gasteiger partial charge in [0.25, 0.3) is 0 Å². The second-order valence-electron chi connectivity index (χ2n) is 5.48. The fourth-order valence-corrected chi connectivity index (χ4v) is 3.45. The van der Waals surface area contributed by atoms with Gasteiger partial charge in [0.15, 0.2) is 0 Å². The topological polar surface area (TPSA) is 20.3 Å². The van der Waals surface area contributed by atoms with E-state index in [0.29, 0.717) is 15.8 Å². The number of hydrogen-bond acceptors (Lipinski definition) is 2. The lowest BCUT2D eigenvalue weighted by Crippen LogP contribution is -2.33. The Morgan fingerprint density at radius 3 is 2.50 bits per heavy atom. The van der Waals surface area contributed by atoms with Gasteiger partial charge in [-0.2, -0.15) is 0 Å². The van der Waals surface area contributed by atoms with Crippen molar-refractivity contribution in [3.05, 3.63) is 64.1 Å². The van der Waals surface area contributed by atoms with Crippen LogP contribution >= 0.6 is 35.0 Å². The molecular formula is C19H21Cl2NOS. The van der Waals surface area contributed by atoms with E-state index in [4.69, 9.17) is 23.2 Å². The first-order valence-corrected chi connectivity index (χ1v) is 9.90. The smallest absolute Gasteiger partial charge is 0.236 e. The van der Waals surface area contributed by atoms with Gasteiger partial charge in [0.05, 0.1) is 15.8 Å². The van der Waals surface area contributed by atoms with Crippen LogP contribution in [-0.4, -0.2) is 18.2 Å². The van der Waals surface area contributed by atoms with Crippen LogP contribution in [0.3, 0.4) is 0 Å². The van der Waals surface area contributed by atoms with Crippen LogP contribution in [-0.2, 0) is 10.5 Å². The number of amides is 1. The Hall–Kier alpha value is -1.16. The third-order valence-electron chi connectivity index (χ3n) is 3.58. The highest BCUT2D eigenvalue weighted by atomic mass is 35.5. The molecule has 128 valence electrons. The van der Waals surface area contributed by atoms with Gasteiger partial charge in [-0.25, -0.2) is 0 Å². The van der Waals surface area contributed by atoms with Crippen molar-refractivity contribution in [2.24, 2.45) is 0 Å². The minimum absolute atomic E-state index is 0.139. The normalized spacial score (nSPS) is 10.6. The first-order chi connectivity index (χ1) is 11.6. The monoisotopic (exact) mass is 381 g/mol. The summed E-state index contributed by atoms with van der Waals surface area (Å²) in [6.45, 7) is 2.89. The van der Waals surface area contributed by atoms with Crippen molar-refractivity contribution >= 4 is 46.6 Å². The molecule has 0 bridgehead atoms. The van der Waals surface area contributed by atoms with Gasteiger partial charge in [0.1, 0.15) is 0 Å². The fraction of sp³-hybridized carbons (Fsp3) is 0.316. The summed E-state index contributed by atoms with van der Waals surface area (Å²) in [5, 5.41) is 1.10. The number of para-hydroxylation sites is 1. The van der Waals surface area contributed by atoms with Crippen molar-refractivity contribution in [3.8, 4) is 0 Å². The molecule has 0 fully saturated rings. The summed E-state index contributed by atoms with van der Waals surface area (Å²) in [5.41, 5.74) is 2.04. The van der Waals surface area contributed by atoms with E-state index < -0.39 is 0 Å². The van der Waals surface area contributed by atoms with Gasteiger partial charge in [-0.3, -0.25) is 4.79 Å². The van der Waals surface area contributed by atoms with Gasteiger partial charge in [0, 0.05) is 18.0 Å². The number of halogens is 2. The molecule has 0 aliphatic heterocycles. The highest BCUT2D eigenvalue weighted by Crippen LogP contribution is 2.25. The summed E-state index contributed by atoms with van der Waals surface area (Å²) in [6.07, 6.45) is 2.06. The van der Waals surface area contributed by atoms with E-state index in [0.717, 1.165) is 36.4 Å². The Bertz CT molecular complexity index is 664. The molecule has 2 rings (SSSR count). The Morgan fingerprint density at radius 1 is 1.08 bits per heavy atom. The number of hydrogen-bond donors (Lipinski definition) is 0. The van der Waals surface area contributed by atoms with E-state index >= 15 is 0 Å². The molecule has 0 radical (unpaired) electrons. The third kappa shape index (κ3) is 5.73. The lowest BCUT2D eigenvalue weighted by molar-refractivity contribution is -0.116. The molecule has 0 aliphatic rings. The van der Waals surface area contributed by atoms with Crippen LogP contribution in [0.1, 0.15) is 25.3 Å². The summed E-state index contributed by atoms with van der Waals surface area (Å²) in [7, 11) is 0. The van der Waals surface area contributed by atoms with E-state index in [1.54, 1.807) is 17.8 Å². The maximum absolute atomic E-state index is 12.6. The molecule has 0 unspecified atom stereocenters. The largest absolute Gasteiger partial charge is 0.312 e. The van der Waals surface area contributed by atoms with Crippen molar-refractivity contribution in [3.63, 3.8) is 0 Å². The fourth-order valence-electron chi connectivity index (χ4n) is 2.29. The molecule has 0 saturated heterocycles. The summed E-state index contributed by atoms with van der Waals surface area (Å²) >= 11 is 13.5. The van der Waals surface area contributed by atoms with Gasteiger partial charge in [-0.1, -0.05) is 60.8 Å². The number of anilines is 1. The second-order valence-corrected chi connectivity index (χ2v) is 7.28. The van der Waals surface area contributed by atoms with Gasteiger partial charge < -0.3 is 4.90 Å². The molecule has 2 aromatic carbocycles. The quantitative estimate of drug-likeness (QED) is 0.553. The summed E-state index contributed by atoms with van der Waals surface area (Å²) in [5.74, 6) is 1.32. The molecule has 2 nitrogen and oxygen atoms in total. The third-order valence-corrected chi connectivity index (χ3v) is 5.31. The zero-order valence-corrected chi connectivity index (χ0v) is 16.0. The Morgan fingerprint density at radius 2 is 1.83 bits per heavy atom. The van der Waals surface area contributed by atoms with Gasteiger partial charge in [0.2, 0.25) is 5.91 Å². The Labute approximate surface area is 158 Å². The molecule has 24 heavy (non-hydrogen) atoms. The number of rotatable bonds is 8. The van der Waals surface area contributed by atoms with Crippen molar-refractivity contribution in [2.45, 2.75) is 25.5 Å². The van der Waals surface area contributed by atoms with Crippen LogP contribution in [0.4, 0.5) is 5.69 Å². The van der Waals surface area contributed by atoms with E-state index in [9.17, 15) is 4.79 Å². The second kappa shape index (κ2) is 9.97. The van der Waals surface area contributed by atoms with Crippen LogP contribution in [0.2, 0.25) is 10.0 Å². The lowest BCUT2D eigenvalue weighted by atomic mass is 10.2. The lowest BCUT2D eigenvalue weighted by Gasteiger charge is -2.22. The number of nitrogens with zero attached hydrogens (tertiary/aromatic N) is 1. The van der Waals surface area contributed by atoms with E-state index in [1.807, 2.05) is 47.4 Å². The first-order valence-electron chi connectivity index (χ1n) is 7.99. The molecule has 0 spiro atoms. The van der Waals surface area contributed by atoms with Crippen molar-refractivity contribution in [1.29, 1.82) is 0 Å². The van der Waals surface area contributed by atoms with Crippen LogP contribution < -0.4 is 4.90 Å². The van der Waals surface area contributed by atoms with Crippen molar-refractivity contribution in [2.75, 3.05) is 17.2 Å². The average molecular weight is 382 g/mol. The minimum Gasteiger partial charge on any atom is -0.312 e. The zero-order valence-electron chi connectivity index (χ0n) is 13.7. The average Bonchev–Trinajstić information content (AvgIpc) is 2.59. The zero-order chi connectivity index (χ0) is 17.4. The van der Waals surface area contributed by atoms with Gasteiger partial charge in [-0.05, 0) is 36.2 Å². The summed E-state index contributed by atoms with van der Waals surface area (Å²) in [4.78, 5) is 14.5. The predicted octanol–water partition coefficient (Wildman–Crippen LogP) is 6.06. The SMILES string of the molecule is CCCCN(C(=O)CSCc1ccc(Cl)c(Cl)c1)c1ccccc1. The van der Waals surface area contributed by atoms with Gasteiger partial charge in [-0.15, -0.1) is 11.8 Å². The van der Waals surface area contributed by atoms with Crippen LogP contribution in [0.15, 0.2) is 48.5 Å². The molecule has 2 aromatic rings. The molecule has 5 heteroatoms. The highest BCUT2D eigenvalue weighted by molar-refractivity contribution is 7.99.